The first-order chi connectivity index (χ1) is 9.41. The molecule has 20 heavy (non-hydrogen) atoms. The number of amides is 1. The molecule has 2 rings (SSSR count). The van der Waals surface area contributed by atoms with E-state index in [0.29, 0.717) is 12.1 Å². The molecule has 0 spiro atoms. The second kappa shape index (κ2) is 5.62. The molecule has 1 aromatic heterocycles. The van der Waals surface area contributed by atoms with Crippen molar-refractivity contribution in [2.24, 2.45) is 11.7 Å². The number of nitrogens with zero attached hydrogens (tertiary/aromatic N) is 2. The Morgan fingerprint density at radius 3 is 3.00 bits per heavy atom. The zero-order chi connectivity index (χ0) is 14.8. The Labute approximate surface area is 117 Å². The molecule has 0 aromatic carbocycles. The Morgan fingerprint density at radius 1 is 1.65 bits per heavy atom. The molecule has 0 saturated heterocycles. The molecule has 1 aliphatic rings. The molecule has 0 aliphatic heterocycles. The molecule has 1 amide bonds. The molecule has 0 radical (unpaired) electrons. The Hall–Kier alpha value is -1.89. The molecule has 1 heterocycles. The first kappa shape index (κ1) is 14.5. The van der Waals surface area contributed by atoms with E-state index in [1.807, 2.05) is 6.92 Å². The fraction of sp³-hybridized carbons (Fsp3) is 0.615. The zero-order valence-corrected chi connectivity index (χ0v) is 11.5. The van der Waals surface area contributed by atoms with Gasteiger partial charge in [0.15, 0.2) is 0 Å². The number of carbonyl (C=O) groups excluding carboxylic acids is 1. The van der Waals surface area contributed by atoms with Crippen LogP contribution < -0.4 is 11.1 Å². The molecule has 2 unspecified atom stereocenters. The van der Waals surface area contributed by atoms with Crippen LogP contribution in [0.15, 0.2) is 12.4 Å². The van der Waals surface area contributed by atoms with Crippen LogP contribution in [0.4, 0.5) is 5.69 Å². The highest BCUT2D eigenvalue weighted by Crippen LogP contribution is 2.34. The number of hydrogen-bond acceptors (Lipinski definition) is 4. The first-order valence-corrected chi connectivity index (χ1v) is 6.76. The number of carboxylic acids is 1. The Bertz CT molecular complexity index is 513. The maximum Gasteiger partial charge on any atom is 0.305 e. The van der Waals surface area contributed by atoms with Crippen LogP contribution in [-0.4, -0.2) is 32.3 Å². The Balaban J connectivity index is 1.96. The summed E-state index contributed by atoms with van der Waals surface area (Å²) in [6.07, 6.45) is 5.72. The minimum absolute atomic E-state index is 0.00702. The lowest BCUT2D eigenvalue weighted by Crippen LogP contribution is -2.53. The van der Waals surface area contributed by atoms with E-state index < -0.39 is 11.5 Å². The normalized spacial score (nSPS) is 25.6. The van der Waals surface area contributed by atoms with E-state index in [-0.39, 0.29) is 24.8 Å². The molecule has 1 fully saturated rings. The number of hydrogen-bond donors (Lipinski definition) is 3. The summed E-state index contributed by atoms with van der Waals surface area (Å²) in [5, 5.41) is 15.4. The van der Waals surface area contributed by atoms with Crippen molar-refractivity contribution in [1.29, 1.82) is 0 Å². The van der Waals surface area contributed by atoms with E-state index in [9.17, 15) is 9.59 Å². The molecule has 4 N–H and O–H groups in total. The van der Waals surface area contributed by atoms with Gasteiger partial charge in [-0.2, -0.15) is 5.10 Å². The van der Waals surface area contributed by atoms with Gasteiger partial charge in [0.05, 0.1) is 30.4 Å². The molecular weight excluding hydrogens is 260 g/mol. The van der Waals surface area contributed by atoms with Crippen LogP contribution in [-0.2, 0) is 16.1 Å². The number of carbonyl (C=O) groups is 2. The maximum absolute atomic E-state index is 12.3. The van der Waals surface area contributed by atoms with E-state index in [4.69, 9.17) is 10.8 Å². The monoisotopic (exact) mass is 280 g/mol. The van der Waals surface area contributed by atoms with E-state index in [1.54, 1.807) is 6.20 Å². The molecule has 1 aliphatic carbocycles. The minimum atomic E-state index is -0.883. The van der Waals surface area contributed by atoms with Crippen molar-refractivity contribution in [3.05, 3.63) is 12.4 Å². The van der Waals surface area contributed by atoms with E-state index in [1.165, 1.54) is 10.9 Å². The number of aromatic nitrogens is 2. The summed E-state index contributed by atoms with van der Waals surface area (Å²) in [6.45, 7) is 2.26. The van der Waals surface area contributed by atoms with E-state index >= 15 is 0 Å². The van der Waals surface area contributed by atoms with Crippen molar-refractivity contribution < 1.29 is 14.7 Å². The average Bonchev–Trinajstić information content (AvgIpc) is 2.96. The number of aryl methyl sites for hydroxylation is 1. The number of carboxylic acid groups (broad SMARTS) is 1. The SMILES string of the molecule is CC1CCCC1(N)C(=O)Nc1cnn(CCC(=O)O)c1. The first-order valence-electron chi connectivity index (χ1n) is 6.76. The summed E-state index contributed by atoms with van der Waals surface area (Å²) < 4.78 is 1.49. The fourth-order valence-electron chi connectivity index (χ4n) is 2.55. The topological polar surface area (TPSA) is 110 Å². The van der Waals surface area contributed by atoms with Gasteiger partial charge in [-0.15, -0.1) is 0 Å². The van der Waals surface area contributed by atoms with Crippen LogP contribution in [0.3, 0.4) is 0 Å². The van der Waals surface area contributed by atoms with Gasteiger partial charge in [-0.05, 0) is 18.8 Å². The number of aliphatic carboxylic acids is 1. The summed E-state index contributed by atoms with van der Waals surface area (Å²) in [6, 6.07) is 0. The molecule has 110 valence electrons. The fourth-order valence-corrected chi connectivity index (χ4v) is 2.55. The highest BCUT2D eigenvalue weighted by Gasteiger charge is 2.43. The maximum atomic E-state index is 12.3. The van der Waals surface area contributed by atoms with Gasteiger partial charge in [0.25, 0.3) is 0 Å². The third kappa shape index (κ3) is 2.98. The quantitative estimate of drug-likeness (QED) is 0.739. The summed E-state index contributed by atoms with van der Waals surface area (Å²) in [5.41, 5.74) is 5.91. The number of anilines is 1. The van der Waals surface area contributed by atoms with Crippen LogP contribution in [0.5, 0.6) is 0 Å². The zero-order valence-electron chi connectivity index (χ0n) is 11.5. The number of nitrogens with one attached hydrogen (secondary N) is 1. The molecule has 0 bridgehead atoms. The molecule has 7 nitrogen and oxygen atoms in total. The summed E-state index contributed by atoms with van der Waals surface area (Å²) >= 11 is 0. The Kier molecular flexibility index (Phi) is 4.08. The molecule has 1 aromatic rings. The van der Waals surface area contributed by atoms with Crippen molar-refractivity contribution in [2.45, 2.75) is 44.7 Å². The number of rotatable bonds is 5. The minimum Gasteiger partial charge on any atom is -0.481 e. The molecule has 1 saturated carbocycles. The van der Waals surface area contributed by atoms with Gasteiger partial charge in [-0.25, -0.2) is 0 Å². The predicted octanol–water partition coefficient (Wildman–Crippen LogP) is 0.814. The average molecular weight is 280 g/mol. The van der Waals surface area contributed by atoms with Gasteiger partial charge in [-0.3, -0.25) is 14.3 Å². The molecular formula is C13H20N4O3. The summed E-state index contributed by atoms with van der Waals surface area (Å²) in [5.74, 6) is -0.920. The van der Waals surface area contributed by atoms with Crippen LogP contribution in [0.25, 0.3) is 0 Å². The van der Waals surface area contributed by atoms with Gasteiger partial charge in [0, 0.05) is 6.20 Å². The van der Waals surface area contributed by atoms with Crippen molar-refractivity contribution in [2.75, 3.05) is 5.32 Å². The second-order valence-electron chi connectivity index (χ2n) is 5.42. The molecule has 7 heteroatoms. The lowest BCUT2D eigenvalue weighted by atomic mass is 9.88. The van der Waals surface area contributed by atoms with Crippen molar-refractivity contribution >= 4 is 17.6 Å². The third-order valence-electron chi connectivity index (χ3n) is 3.98. The van der Waals surface area contributed by atoms with Crippen molar-refractivity contribution in [3.8, 4) is 0 Å². The van der Waals surface area contributed by atoms with Gasteiger partial charge in [-0.1, -0.05) is 13.3 Å². The van der Waals surface area contributed by atoms with Gasteiger partial charge < -0.3 is 16.2 Å². The lowest BCUT2D eigenvalue weighted by molar-refractivity contribution is -0.137. The molecule has 2 atom stereocenters. The third-order valence-corrected chi connectivity index (χ3v) is 3.98. The summed E-state index contributed by atoms with van der Waals surface area (Å²) in [4.78, 5) is 22.7. The largest absolute Gasteiger partial charge is 0.481 e. The smallest absolute Gasteiger partial charge is 0.305 e. The Morgan fingerprint density at radius 2 is 2.40 bits per heavy atom. The second-order valence-corrected chi connectivity index (χ2v) is 5.42. The summed E-state index contributed by atoms with van der Waals surface area (Å²) in [7, 11) is 0. The highest BCUT2D eigenvalue weighted by atomic mass is 16.4. The predicted molar refractivity (Wildman–Crippen MR) is 73.0 cm³/mol. The van der Waals surface area contributed by atoms with E-state index in [2.05, 4.69) is 10.4 Å². The highest BCUT2D eigenvalue weighted by molar-refractivity contribution is 5.98. The van der Waals surface area contributed by atoms with Gasteiger partial charge in [0.1, 0.15) is 0 Å². The van der Waals surface area contributed by atoms with Crippen LogP contribution in [0, 0.1) is 5.92 Å². The van der Waals surface area contributed by atoms with Crippen molar-refractivity contribution in [3.63, 3.8) is 0 Å². The standard InChI is InChI=1S/C13H20N4O3/c1-9-3-2-5-13(9,14)12(20)16-10-7-15-17(8-10)6-4-11(18)19/h7-9H,2-6,14H2,1H3,(H,16,20)(H,18,19). The van der Waals surface area contributed by atoms with Crippen LogP contribution >= 0.6 is 0 Å². The van der Waals surface area contributed by atoms with Crippen molar-refractivity contribution in [1.82, 2.24) is 9.78 Å². The van der Waals surface area contributed by atoms with Crippen LogP contribution in [0.2, 0.25) is 0 Å². The van der Waals surface area contributed by atoms with Gasteiger partial charge >= 0.3 is 5.97 Å². The van der Waals surface area contributed by atoms with Gasteiger partial charge in [0.2, 0.25) is 5.91 Å². The number of nitrogens with two attached hydrogens (primary N) is 1. The van der Waals surface area contributed by atoms with E-state index in [0.717, 1.165) is 12.8 Å². The van der Waals surface area contributed by atoms with Crippen LogP contribution in [0.1, 0.15) is 32.6 Å². The lowest BCUT2D eigenvalue weighted by Gasteiger charge is -2.27.